The van der Waals surface area contributed by atoms with Crippen molar-refractivity contribution in [3.05, 3.63) is 70.6 Å². The van der Waals surface area contributed by atoms with Crippen molar-refractivity contribution in [3.63, 3.8) is 0 Å². The van der Waals surface area contributed by atoms with E-state index in [9.17, 15) is 0 Å². The van der Waals surface area contributed by atoms with E-state index in [1.54, 1.807) is 11.3 Å². The second-order valence-corrected chi connectivity index (χ2v) is 8.13. The van der Waals surface area contributed by atoms with Gasteiger partial charge in [0, 0.05) is 5.56 Å². The van der Waals surface area contributed by atoms with Crippen LogP contribution in [-0.4, -0.2) is 9.97 Å². The molecule has 0 unspecified atom stereocenters. The van der Waals surface area contributed by atoms with E-state index in [0.717, 1.165) is 25.4 Å². The number of thiophene rings is 1. The van der Waals surface area contributed by atoms with Crippen molar-refractivity contribution in [1.82, 2.24) is 9.97 Å². The van der Waals surface area contributed by atoms with Crippen molar-refractivity contribution >= 4 is 59.2 Å². The Bertz CT molecular complexity index is 1230. The molecule has 24 heavy (non-hydrogen) atoms. The molecule has 0 saturated heterocycles. The highest BCUT2D eigenvalue weighted by molar-refractivity contribution is 9.11. The summed E-state index contributed by atoms with van der Waals surface area (Å²) in [7, 11) is 0. The predicted octanol–water partition coefficient (Wildman–Crippen LogP) is 6.43. The van der Waals surface area contributed by atoms with E-state index in [4.69, 9.17) is 4.98 Å². The third kappa shape index (κ3) is 2.22. The van der Waals surface area contributed by atoms with Gasteiger partial charge in [-0.2, -0.15) is 0 Å². The molecule has 0 fully saturated rings. The molecule has 5 rings (SSSR count). The van der Waals surface area contributed by atoms with Gasteiger partial charge in [-0.3, -0.25) is 0 Å². The summed E-state index contributed by atoms with van der Waals surface area (Å²) in [6.07, 6.45) is 1.87. The summed E-state index contributed by atoms with van der Waals surface area (Å²) >= 11 is 5.12. The Hall–Kier alpha value is -2.30. The van der Waals surface area contributed by atoms with E-state index in [-0.39, 0.29) is 0 Å². The molecule has 0 atom stereocenters. The largest absolute Gasteiger partial charge is 0.244 e. The molecule has 0 spiro atoms. The van der Waals surface area contributed by atoms with Crippen molar-refractivity contribution in [1.29, 1.82) is 0 Å². The fraction of sp³-hybridized carbons (Fsp3) is 0. The molecule has 0 saturated carbocycles. The normalized spacial score (nSPS) is 11.5. The monoisotopic (exact) mass is 390 g/mol. The van der Waals surface area contributed by atoms with Crippen LogP contribution in [0.25, 0.3) is 43.1 Å². The van der Waals surface area contributed by atoms with Crippen LogP contribution < -0.4 is 0 Å². The van der Waals surface area contributed by atoms with Crippen molar-refractivity contribution in [3.8, 4) is 11.3 Å². The molecule has 0 bridgehead atoms. The lowest BCUT2D eigenvalue weighted by Gasteiger charge is -2.08. The van der Waals surface area contributed by atoms with Crippen LogP contribution in [0.4, 0.5) is 0 Å². The zero-order valence-corrected chi connectivity index (χ0v) is 14.9. The van der Waals surface area contributed by atoms with Gasteiger partial charge in [-0.1, -0.05) is 42.5 Å². The standard InChI is InChI=1S/C20H11BrN2S/c21-19-10-17-20(24-19)22-11-18(23-17)15-7-3-6-14-8-12-4-1-2-5-13(12)9-16(14)15/h1-11H. The minimum Gasteiger partial charge on any atom is -0.244 e. The van der Waals surface area contributed by atoms with E-state index in [1.807, 2.05) is 12.3 Å². The Labute approximate surface area is 150 Å². The van der Waals surface area contributed by atoms with Crippen LogP contribution in [0, 0.1) is 0 Å². The smallest absolute Gasteiger partial charge is 0.142 e. The van der Waals surface area contributed by atoms with Gasteiger partial charge in [-0.25, -0.2) is 9.97 Å². The first-order valence-corrected chi connectivity index (χ1v) is 9.23. The molecule has 2 aromatic heterocycles. The summed E-state index contributed by atoms with van der Waals surface area (Å²) in [4.78, 5) is 10.3. The Morgan fingerprint density at radius 2 is 1.62 bits per heavy atom. The van der Waals surface area contributed by atoms with Crippen LogP contribution in [0.2, 0.25) is 0 Å². The number of rotatable bonds is 1. The zero-order valence-electron chi connectivity index (χ0n) is 12.5. The summed E-state index contributed by atoms with van der Waals surface area (Å²) in [5.74, 6) is 0. The zero-order chi connectivity index (χ0) is 16.1. The molecule has 4 heteroatoms. The highest BCUT2D eigenvalue weighted by atomic mass is 79.9. The predicted molar refractivity (Wildman–Crippen MR) is 106 cm³/mol. The van der Waals surface area contributed by atoms with Crippen molar-refractivity contribution < 1.29 is 0 Å². The second kappa shape index (κ2) is 5.36. The molecule has 0 radical (unpaired) electrons. The first-order chi connectivity index (χ1) is 11.8. The lowest BCUT2D eigenvalue weighted by atomic mass is 9.98. The number of nitrogens with zero attached hydrogens (tertiary/aromatic N) is 2. The molecule has 0 amide bonds. The third-order valence-corrected chi connectivity index (χ3v) is 5.77. The maximum absolute atomic E-state index is 4.81. The van der Waals surface area contributed by atoms with Crippen molar-refractivity contribution in [2.45, 2.75) is 0 Å². The van der Waals surface area contributed by atoms with Crippen LogP contribution in [-0.2, 0) is 0 Å². The minimum absolute atomic E-state index is 0.911. The van der Waals surface area contributed by atoms with Crippen LogP contribution >= 0.6 is 27.3 Å². The number of hydrogen-bond acceptors (Lipinski definition) is 3. The van der Waals surface area contributed by atoms with Crippen LogP contribution in [0.3, 0.4) is 0 Å². The molecule has 3 aromatic carbocycles. The Balaban J connectivity index is 1.81. The van der Waals surface area contributed by atoms with Crippen LogP contribution in [0.5, 0.6) is 0 Å². The number of halogens is 1. The van der Waals surface area contributed by atoms with Gasteiger partial charge < -0.3 is 0 Å². The van der Waals surface area contributed by atoms with Crippen molar-refractivity contribution in [2.75, 3.05) is 0 Å². The molecular weight excluding hydrogens is 380 g/mol. The maximum atomic E-state index is 4.81. The molecule has 5 aromatic rings. The number of fused-ring (bicyclic) bond motifs is 3. The van der Waals surface area contributed by atoms with Gasteiger partial charge in [0.05, 0.1) is 15.7 Å². The SMILES string of the molecule is Brc1cc2nc(-c3cccc4cc5ccccc5cc34)cnc2s1. The van der Waals surface area contributed by atoms with Gasteiger partial charge in [0.15, 0.2) is 0 Å². The topological polar surface area (TPSA) is 25.8 Å². The Morgan fingerprint density at radius 3 is 2.50 bits per heavy atom. The first kappa shape index (κ1) is 14.1. The van der Waals surface area contributed by atoms with E-state index in [2.05, 4.69) is 75.5 Å². The van der Waals surface area contributed by atoms with Gasteiger partial charge in [-0.15, -0.1) is 11.3 Å². The summed E-state index contributed by atoms with van der Waals surface area (Å²) in [6, 6.07) is 21.3. The van der Waals surface area contributed by atoms with Gasteiger partial charge >= 0.3 is 0 Å². The third-order valence-electron chi connectivity index (χ3n) is 4.23. The van der Waals surface area contributed by atoms with Gasteiger partial charge in [0.2, 0.25) is 0 Å². The van der Waals surface area contributed by atoms with Gasteiger partial charge in [0.1, 0.15) is 10.3 Å². The highest BCUT2D eigenvalue weighted by Crippen LogP contribution is 2.33. The number of benzene rings is 3. The maximum Gasteiger partial charge on any atom is 0.142 e. The molecule has 0 aliphatic carbocycles. The fourth-order valence-electron chi connectivity index (χ4n) is 3.11. The summed E-state index contributed by atoms with van der Waals surface area (Å²) in [5.41, 5.74) is 2.96. The Kier molecular flexibility index (Phi) is 3.15. The van der Waals surface area contributed by atoms with Gasteiger partial charge in [0.25, 0.3) is 0 Å². The average molecular weight is 391 g/mol. The summed E-state index contributed by atoms with van der Waals surface area (Å²) < 4.78 is 1.05. The molecular formula is C20H11BrN2S. The summed E-state index contributed by atoms with van der Waals surface area (Å²) in [6.45, 7) is 0. The fourth-order valence-corrected chi connectivity index (χ4v) is 4.46. The average Bonchev–Trinajstić information content (AvgIpc) is 2.98. The quantitative estimate of drug-likeness (QED) is 0.308. The van der Waals surface area contributed by atoms with E-state index < -0.39 is 0 Å². The van der Waals surface area contributed by atoms with Crippen LogP contribution in [0.1, 0.15) is 0 Å². The molecule has 2 heterocycles. The molecule has 114 valence electrons. The number of aromatic nitrogens is 2. The van der Waals surface area contributed by atoms with Crippen molar-refractivity contribution in [2.24, 2.45) is 0 Å². The lowest BCUT2D eigenvalue weighted by molar-refractivity contribution is 1.32. The van der Waals surface area contributed by atoms with E-state index in [0.29, 0.717) is 0 Å². The molecule has 0 N–H and O–H groups in total. The second-order valence-electron chi connectivity index (χ2n) is 5.72. The Morgan fingerprint density at radius 1 is 0.833 bits per heavy atom. The van der Waals surface area contributed by atoms with E-state index in [1.165, 1.54) is 21.5 Å². The summed E-state index contributed by atoms with van der Waals surface area (Å²) in [5, 5.41) is 4.92. The molecule has 2 nitrogen and oxygen atoms in total. The van der Waals surface area contributed by atoms with Gasteiger partial charge in [-0.05, 0) is 55.7 Å². The minimum atomic E-state index is 0.911. The highest BCUT2D eigenvalue weighted by Gasteiger charge is 2.09. The number of hydrogen-bond donors (Lipinski definition) is 0. The van der Waals surface area contributed by atoms with E-state index >= 15 is 0 Å². The molecule has 0 aliphatic rings. The lowest BCUT2D eigenvalue weighted by Crippen LogP contribution is -1.88. The molecule has 0 aliphatic heterocycles. The van der Waals surface area contributed by atoms with Crippen LogP contribution in [0.15, 0.2) is 70.6 Å². The first-order valence-electron chi connectivity index (χ1n) is 7.62.